The molecule has 7 rings (SSSR count). The standard InChI is InChI=1S/C37H30O18/c38-14-7-17(40)27-25(8-14)53-35(12-3-21(44)31(49)22(45)4-12)33(51)29(27)28-18(41)10-16(39)15-9-26(54-37(52)13-5-23(46)32(50)24(47)6-13)34(55-36(15)28)11-1-19(42)30(48)20(43)2-11/h1-8,10,26,29,33-35,38-51H,9H2/t26-,29+,33-,34-,35-/m1/s1. The second kappa shape index (κ2) is 12.9. The maximum atomic E-state index is 13.4. The monoisotopic (exact) mass is 762 g/mol. The average Bonchev–Trinajstić information content (AvgIpc) is 3.11. The van der Waals surface area contributed by atoms with E-state index in [9.17, 15) is 76.3 Å². The van der Waals surface area contributed by atoms with Crippen LogP contribution in [0.25, 0.3) is 0 Å². The lowest BCUT2D eigenvalue weighted by atomic mass is 9.77. The summed E-state index contributed by atoms with van der Waals surface area (Å²) in [5.74, 6) is -13.7. The minimum atomic E-state index is -1.87. The van der Waals surface area contributed by atoms with Crippen molar-refractivity contribution in [2.45, 2.75) is 36.8 Å². The largest absolute Gasteiger partial charge is 0.508 e. The SMILES string of the molecule is O=C(O[C@@H]1Cc2c(O)cc(O)c([C@@H]3c4c(O)cc(O)cc4O[C@H](c4cc(O)c(O)c(O)c4)[C@@H]3O)c2O[C@@H]1c1cc(O)c(O)c(O)c1)c1cc(O)c(O)c(O)c1. The molecule has 14 N–H and O–H groups in total. The molecule has 0 aromatic heterocycles. The number of aliphatic hydroxyl groups is 1. The summed E-state index contributed by atoms with van der Waals surface area (Å²) >= 11 is 0. The zero-order chi connectivity index (χ0) is 39.8. The summed E-state index contributed by atoms with van der Waals surface area (Å²) < 4.78 is 17.9. The molecule has 0 amide bonds. The number of esters is 1. The Balaban J connectivity index is 1.41. The van der Waals surface area contributed by atoms with Crippen LogP contribution in [0, 0.1) is 0 Å². The van der Waals surface area contributed by atoms with Crippen LogP contribution in [0.5, 0.6) is 86.2 Å². The van der Waals surface area contributed by atoms with Crippen LogP contribution in [0.3, 0.4) is 0 Å². The Morgan fingerprint density at radius 2 is 1.04 bits per heavy atom. The summed E-state index contributed by atoms with van der Waals surface area (Å²) in [6, 6.07) is 8.21. The van der Waals surface area contributed by atoms with Crippen LogP contribution in [0.4, 0.5) is 0 Å². The van der Waals surface area contributed by atoms with Gasteiger partial charge in [0.25, 0.3) is 0 Å². The molecule has 0 aliphatic carbocycles. The first-order valence-electron chi connectivity index (χ1n) is 16.1. The molecule has 18 nitrogen and oxygen atoms in total. The van der Waals surface area contributed by atoms with Gasteiger partial charge < -0.3 is 85.7 Å². The minimum absolute atomic E-state index is 0.127. The van der Waals surface area contributed by atoms with Crippen molar-refractivity contribution in [3.8, 4) is 86.2 Å². The summed E-state index contributed by atoms with van der Waals surface area (Å²) in [4.78, 5) is 13.4. The van der Waals surface area contributed by atoms with Gasteiger partial charge in [0.2, 0.25) is 0 Å². The normalized spacial score (nSPS) is 20.1. The summed E-state index contributed by atoms with van der Waals surface area (Å²) in [7, 11) is 0. The molecule has 5 atom stereocenters. The van der Waals surface area contributed by atoms with Crippen molar-refractivity contribution in [1.82, 2.24) is 0 Å². The van der Waals surface area contributed by atoms with E-state index in [1.807, 2.05) is 0 Å². The van der Waals surface area contributed by atoms with Crippen LogP contribution >= 0.6 is 0 Å². The van der Waals surface area contributed by atoms with E-state index in [0.29, 0.717) is 0 Å². The highest BCUT2D eigenvalue weighted by molar-refractivity contribution is 5.91. The molecule has 18 heteroatoms. The average molecular weight is 763 g/mol. The maximum Gasteiger partial charge on any atom is 0.338 e. The molecule has 0 bridgehead atoms. The van der Waals surface area contributed by atoms with Crippen LogP contribution in [0.1, 0.15) is 56.3 Å². The van der Waals surface area contributed by atoms with Gasteiger partial charge in [-0.15, -0.1) is 0 Å². The van der Waals surface area contributed by atoms with Crippen molar-refractivity contribution in [2.24, 2.45) is 0 Å². The van der Waals surface area contributed by atoms with Crippen molar-refractivity contribution < 1.29 is 90.5 Å². The first kappa shape index (κ1) is 35.9. The number of carbonyl (C=O) groups is 1. The number of ether oxygens (including phenoxy) is 3. The van der Waals surface area contributed by atoms with Gasteiger partial charge >= 0.3 is 5.97 Å². The van der Waals surface area contributed by atoms with Crippen LogP contribution in [0.15, 0.2) is 54.6 Å². The van der Waals surface area contributed by atoms with E-state index in [1.54, 1.807) is 0 Å². The number of hydrogen-bond donors (Lipinski definition) is 14. The fourth-order valence-electron chi connectivity index (χ4n) is 6.87. The molecule has 0 unspecified atom stereocenters. The Morgan fingerprint density at radius 1 is 0.545 bits per heavy atom. The van der Waals surface area contributed by atoms with Crippen molar-refractivity contribution in [3.05, 3.63) is 88.0 Å². The van der Waals surface area contributed by atoms with Gasteiger partial charge in [-0.25, -0.2) is 4.79 Å². The minimum Gasteiger partial charge on any atom is -0.508 e. The van der Waals surface area contributed by atoms with Gasteiger partial charge in [0, 0.05) is 52.4 Å². The zero-order valence-electron chi connectivity index (χ0n) is 27.7. The van der Waals surface area contributed by atoms with Crippen molar-refractivity contribution >= 4 is 5.97 Å². The molecular weight excluding hydrogens is 732 g/mol. The summed E-state index contributed by atoms with van der Waals surface area (Å²) in [5, 5.41) is 147. The maximum absolute atomic E-state index is 13.4. The molecule has 2 aliphatic rings. The third kappa shape index (κ3) is 5.95. The van der Waals surface area contributed by atoms with Gasteiger partial charge in [-0.1, -0.05) is 0 Å². The number of phenols is 13. The summed E-state index contributed by atoms with van der Waals surface area (Å²) in [6.07, 6.45) is -7.05. The molecule has 5 aromatic carbocycles. The van der Waals surface area contributed by atoms with E-state index >= 15 is 0 Å². The van der Waals surface area contributed by atoms with Crippen LogP contribution in [-0.2, 0) is 11.2 Å². The highest BCUT2D eigenvalue weighted by Gasteiger charge is 2.47. The van der Waals surface area contributed by atoms with Crippen molar-refractivity contribution in [2.75, 3.05) is 0 Å². The molecule has 0 saturated carbocycles. The summed E-state index contributed by atoms with van der Waals surface area (Å²) in [5.41, 5.74) is -1.47. The molecule has 286 valence electrons. The summed E-state index contributed by atoms with van der Waals surface area (Å²) in [6.45, 7) is 0. The number of benzene rings is 5. The van der Waals surface area contributed by atoms with Crippen molar-refractivity contribution in [3.63, 3.8) is 0 Å². The molecule has 0 spiro atoms. The number of fused-ring (bicyclic) bond motifs is 2. The van der Waals surface area contributed by atoms with Gasteiger partial charge in [0.05, 0.1) is 11.5 Å². The van der Waals surface area contributed by atoms with Crippen LogP contribution in [-0.4, -0.2) is 89.7 Å². The van der Waals surface area contributed by atoms with E-state index in [2.05, 4.69) is 0 Å². The number of aromatic hydroxyl groups is 13. The molecule has 2 aliphatic heterocycles. The fourth-order valence-corrected chi connectivity index (χ4v) is 6.87. The van der Waals surface area contributed by atoms with E-state index in [0.717, 1.165) is 54.6 Å². The molecule has 0 fully saturated rings. The fraction of sp³-hybridized carbons (Fsp3) is 0.162. The zero-order valence-corrected chi connectivity index (χ0v) is 27.7. The van der Waals surface area contributed by atoms with Gasteiger partial charge in [0.15, 0.2) is 64.0 Å². The van der Waals surface area contributed by atoms with Gasteiger partial charge in [-0.3, -0.25) is 0 Å². The van der Waals surface area contributed by atoms with Gasteiger partial charge in [-0.05, 0) is 36.4 Å². The molecule has 0 radical (unpaired) electrons. The van der Waals surface area contributed by atoms with E-state index in [-0.39, 0.29) is 39.3 Å². The molecule has 0 saturated heterocycles. The van der Waals surface area contributed by atoms with Crippen LogP contribution < -0.4 is 9.47 Å². The van der Waals surface area contributed by atoms with Gasteiger partial charge in [0.1, 0.15) is 46.7 Å². The number of aliphatic hydroxyl groups excluding tert-OH is 1. The Labute approximate surface area is 307 Å². The third-order valence-corrected chi connectivity index (χ3v) is 9.40. The van der Waals surface area contributed by atoms with Gasteiger partial charge in [-0.2, -0.15) is 0 Å². The first-order chi connectivity index (χ1) is 25.9. The lowest BCUT2D eigenvalue weighted by Crippen LogP contribution is -2.38. The molecule has 55 heavy (non-hydrogen) atoms. The van der Waals surface area contributed by atoms with E-state index < -0.39 is 123 Å². The topological polar surface area (TPSA) is 328 Å². The Hall–Kier alpha value is -7.47. The quantitative estimate of drug-likeness (QED) is 0.0901. The second-order valence-electron chi connectivity index (χ2n) is 12.9. The lowest BCUT2D eigenvalue weighted by Gasteiger charge is -2.40. The first-order valence-corrected chi connectivity index (χ1v) is 16.1. The van der Waals surface area contributed by atoms with Crippen molar-refractivity contribution in [1.29, 1.82) is 0 Å². The third-order valence-electron chi connectivity index (χ3n) is 9.40. The Kier molecular flexibility index (Phi) is 8.41. The highest BCUT2D eigenvalue weighted by atomic mass is 16.6. The predicted octanol–water partition coefficient (Wildman–Crippen LogP) is 3.39. The lowest BCUT2D eigenvalue weighted by molar-refractivity contribution is -0.0211. The highest BCUT2D eigenvalue weighted by Crippen LogP contribution is 2.58. The smallest absolute Gasteiger partial charge is 0.338 e. The number of hydrogen-bond acceptors (Lipinski definition) is 18. The van der Waals surface area contributed by atoms with Crippen LogP contribution in [0.2, 0.25) is 0 Å². The number of phenolic OH excluding ortho intramolecular Hbond substituents is 13. The Bertz CT molecular complexity index is 2340. The molecule has 2 heterocycles. The molecule has 5 aromatic rings. The van der Waals surface area contributed by atoms with E-state index in [4.69, 9.17) is 14.2 Å². The predicted molar refractivity (Wildman–Crippen MR) is 181 cm³/mol. The second-order valence-corrected chi connectivity index (χ2v) is 12.9. The number of rotatable bonds is 5. The van der Waals surface area contributed by atoms with E-state index in [1.165, 1.54) is 0 Å². The Morgan fingerprint density at radius 3 is 1.58 bits per heavy atom. The number of carbonyl (C=O) groups excluding carboxylic acids is 1. The molecular formula is C37H30O18.